The molecule has 0 amide bonds. The quantitative estimate of drug-likeness (QED) is 0.798. The standard InChI is InChI=1S/C16H22BrFO2/c1-2-20-16(10-5-3-4-6-11-16)15(19)12-8-7-9-13(17)14(12)18/h7-9,15,19H,2-6,10-11H2,1H3. The van der Waals surface area contributed by atoms with Crippen molar-refractivity contribution in [2.24, 2.45) is 0 Å². The Hall–Kier alpha value is -0.450. The SMILES string of the molecule is CCOC1(C(O)c2cccc(Br)c2F)CCCCCC1. The molecule has 20 heavy (non-hydrogen) atoms. The smallest absolute Gasteiger partial charge is 0.143 e. The van der Waals surface area contributed by atoms with Crippen LogP contribution < -0.4 is 0 Å². The van der Waals surface area contributed by atoms with E-state index in [9.17, 15) is 9.50 Å². The average molecular weight is 345 g/mol. The van der Waals surface area contributed by atoms with Gasteiger partial charge in [-0.05, 0) is 41.8 Å². The van der Waals surface area contributed by atoms with Crippen LogP contribution in [0.1, 0.15) is 57.1 Å². The summed E-state index contributed by atoms with van der Waals surface area (Å²) in [5, 5.41) is 10.8. The van der Waals surface area contributed by atoms with Crippen LogP contribution in [0, 0.1) is 5.82 Å². The van der Waals surface area contributed by atoms with Gasteiger partial charge < -0.3 is 9.84 Å². The van der Waals surface area contributed by atoms with Crippen LogP contribution in [0.3, 0.4) is 0 Å². The largest absolute Gasteiger partial charge is 0.385 e. The van der Waals surface area contributed by atoms with Crippen molar-refractivity contribution in [3.8, 4) is 0 Å². The Morgan fingerprint density at radius 1 is 1.30 bits per heavy atom. The lowest BCUT2D eigenvalue weighted by Gasteiger charge is -2.37. The third-order valence-electron chi connectivity index (χ3n) is 4.16. The molecule has 0 aliphatic heterocycles. The van der Waals surface area contributed by atoms with Gasteiger partial charge in [0.1, 0.15) is 11.9 Å². The molecule has 1 aliphatic rings. The Labute approximate surface area is 128 Å². The molecule has 1 aromatic carbocycles. The van der Waals surface area contributed by atoms with E-state index >= 15 is 0 Å². The first-order valence-electron chi connectivity index (χ1n) is 7.36. The molecule has 1 fully saturated rings. The summed E-state index contributed by atoms with van der Waals surface area (Å²) in [6.45, 7) is 2.46. The second-order valence-corrected chi connectivity index (χ2v) is 6.31. The van der Waals surface area contributed by atoms with Gasteiger partial charge in [0, 0.05) is 12.2 Å². The summed E-state index contributed by atoms with van der Waals surface area (Å²) in [6, 6.07) is 5.05. The first-order chi connectivity index (χ1) is 9.60. The van der Waals surface area contributed by atoms with Crippen LogP contribution in [0.2, 0.25) is 0 Å². The second kappa shape index (κ2) is 7.01. The lowest BCUT2D eigenvalue weighted by atomic mass is 9.84. The molecule has 1 unspecified atom stereocenters. The molecule has 1 aliphatic carbocycles. The molecule has 1 saturated carbocycles. The molecule has 0 radical (unpaired) electrons. The van der Waals surface area contributed by atoms with Crippen molar-refractivity contribution in [2.45, 2.75) is 57.2 Å². The molecule has 0 bridgehead atoms. The minimum absolute atomic E-state index is 0.328. The molecule has 0 spiro atoms. The van der Waals surface area contributed by atoms with Crippen LogP contribution in [-0.4, -0.2) is 17.3 Å². The van der Waals surface area contributed by atoms with Gasteiger partial charge >= 0.3 is 0 Å². The van der Waals surface area contributed by atoms with E-state index in [0.29, 0.717) is 16.6 Å². The van der Waals surface area contributed by atoms with Crippen LogP contribution in [0.4, 0.5) is 4.39 Å². The molecule has 2 rings (SSSR count). The fourth-order valence-corrected chi connectivity index (χ4v) is 3.51. The first kappa shape index (κ1) is 15.9. The third-order valence-corrected chi connectivity index (χ3v) is 4.77. The summed E-state index contributed by atoms with van der Waals surface area (Å²) in [5.41, 5.74) is -0.317. The highest BCUT2D eigenvalue weighted by Crippen LogP contribution is 2.42. The van der Waals surface area contributed by atoms with Crippen LogP contribution in [0.15, 0.2) is 22.7 Å². The molecule has 0 saturated heterocycles. The van der Waals surface area contributed by atoms with Crippen molar-refractivity contribution in [1.29, 1.82) is 0 Å². The van der Waals surface area contributed by atoms with E-state index in [4.69, 9.17) is 4.74 Å². The van der Waals surface area contributed by atoms with Gasteiger partial charge in [0.05, 0.1) is 10.1 Å². The first-order valence-corrected chi connectivity index (χ1v) is 8.16. The minimum Gasteiger partial charge on any atom is -0.385 e. The second-order valence-electron chi connectivity index (χ2n) is 5.46. The zero-order valence-corrected chi connectivity index (χ0v) is 13.5. The Bertz CT molecular complexity index is 442. The normalized spacial score (nSPS) is 20.4. The maximum atomic E-state index is 14.3. The number of rotatable bonds is 4. The fourth-order valence-electron chi connectivity index (χ4n) is 3.13. The van der Waals surface area contributed by atoms with Crippen molar-refractivity contribution >= 4 is 15.9 Å². The topological polar surface area (TPSA) is 29.5 Å². The van der Waals surface area contributed by atoms with Crippen LogP contribution in [0.5, 0.6) is 0 Å². The molecule has 0 heterocycles. The van der Waals surface area contributed by atoms with E-state index in [0.717, 1.165) is 38.5 Å². The van der Waals surface area contributed by atoms with E-state index in [1.807, 2.05) is 6.92 Å². The number of ether oxygens (including phenoxy) is 1. The Morgan fingerprint density at radius 2 is 1.95 bits per heavy atom. The van der Waals surface area contributed by atoms with Crippen molar-refractivity contribution in [2.75, 3.05) is 6.61 Å². The molecule has 2 nitrogen and oxygen atoms in total. The number of aliphatic hydroxyl groups is 1. The van der Waals surface area contributed by atoms with Crippen LogP contribution in [-0.2, 0) is 4.74 Å². The molecular formula is C16H22BrFO2. The van der Waals surface area contributed by atoms with E-state index in [2.05, 4.69) is 15.9 Å². The van der Waals surface area contributed by atoms with Gasteiger partial charge in [-0.2, -0.15) is 0 Å². The van der Waals surface area contributed by atoms with Crippen molar-refractivity contribution in [3.63, 3.8) is 0 Å². The molecule has 1 atom stereocenters. The van der Waals surface area contributed by atoms with Gasteiger partial charge in [-0.15, -0.1) is 0 Å². The van der Waals surface area contributed by atoms with Gasteiger partial charge in [0.15, 0.2) is 0 Å². The predicted octanol–water partition coefficient (Wildman–Crippen LogP) is 4.75. The van der Waals surface area contributed by atoms with E-state index < -0.39 is 11.7 Å². The number of hydrogen-bond donors (Lipinski definition) is 1. The Balaban J connectivity index is 2.34. The summed E-state index contributed by atoms with van der Waals surface area (Å²) in [4.78, 5) is 0. The molecule has 4 heteroatoms. The zero-order valence-electron chi connectivity index (χ0n) is 11.9. The average Bonchev–Trinajstić information content (AvgIpc) is 2.68. The zero-order chi connectivity index (χ0) is 14.6. The van der Waals surface area contributed by atoms with Crippen LogP contribution in [0.25, 0.3) is 0 Å². The number of hydrogen-bond acceptors (Lipinski definition) is 2. The van der Waals surface area contributed by atoms with Gasteiger partial charge in [0.25, 0.3) is 0 Å². The number of halogens is 2. The van der Waals surface area contributed by atoms with Gasteiger partial charge in [-0.1, -0.05) is 37.8 Å². The minimum atomic E-state index is -0.918. The Morgan fingerprint density at radius 3 is 2.55 bits per heavy atom. The lowest BCUT2D eigenvalue weighted by Crippen LogP contribution is -2.39. The van der Waals surface area contributed by atoms with Crippen LogP contribution >= 0.6 is 15.9 Å². The van der Waals surface area contributed by atoms with Crippen molar-refractivity contribution < 1.29 is 14.2 Å². The fraction of sp³-hybridized carbons (Fsp3) is 0.625. The van der Waals surface area contributed by atoms with Crippen molar-refractivity contribution in [1.82, 2.24) is 0 Å². The van der Waals surface area contributed by atoms with E-state index in [1.54, 1.807) is 18.2 Å². The van der Waals surface area contributed by atoms with Gasteiger partial charge in [-0.25, -0.2) is 4.39 Å². The summed E-state index contributed by atoms with van der Waals surface area (Å²) >= 11 is 3.18. The maximum absolute atomic E-state index is 14.3. The van der Waals surface area contributed by atoms with Crippen molar-refractivity contribution in [3.05, 3.63) is 34.1 Å². The highest BCUT2D eigenvalue weighted by atomic mass is 79.9. The van der Waals surface area contributed by atoms with E-state index in [-0.39, 0.29) is 5.82 Å². The summed E-state index contributed by atoms with van der Waals surface area (Å²) < 4.78 is 20.6. The number of benzene rings is 1. The maximum Gasteiger partial charge on any atom is 0.143 e. The number of aliphatic hydroxyl groups excluding tert-OH is 1. The summed E-state index contributed by atoms with van der Waals surface area (Å²) in [7, 11) is 0. The van der Waals surface area contributed by atoms with Gasteiger partial charge in [0.2, 0.25) is 0 Å². The Kier molecular flexibility index (Phi) is 5.58. The van der Waals surface area contributed by atoms with Gasteiger partial charge in [-0.3, -0.25) is 0 Å². The molecule has 112 valence electrons. The molecule has 0 aromatic heterocycles. The highest BCUT2D eigenvalue weighted by Gasteiger charge is 2.41. The molecule has 1 N–H and O–H groups in total. The highest BCUT2D eigenvalue weighted by molar-refractivity contribution is 9.10. The van der Waals surface area contributed by atoms with E-state index in [1.165, 1.54) is 0 Å². The summed E-state index contributed by atoms with van der Waals surface area (Å²) in [5.74, 6) is -0.386. The monoisotopic (exact) mass is 344 g/mol. The molecule has 1 aromatic rings. The summed E-state index contributed by atoms with van der Waals surface area (Å²) in [6.07, 6.45) is 5.00. The molecular weight excluding hydrogens is 323 g/mol. The predicted molar refractivity (Wildman–Crippen MR) is 81.1 cm³/mol. The lowest BCUT2D eigenvalue weighted by molar-refractivity contribution is -0.132. The third kappa shape index (κ3) is 3.23.